The highest BCUT2D eigenvalue weighted by molar-refractivity contribution is 6.01. The van der Waals surface area contributed by atoms with E-state index < -0.39 is 11.8 Å². The topological polar surface area (TPSA) is 108 Å². The maximum absolute atomic E-state index is 11.7. The molecule has 0 aliphatic heterocycles. The number of phenols is 1. The number of aromatic hydroxyl groups is 1. The first-order valence-corrected chi connectivity index (χ1v) is 6.19. The van der Waals surface area contributed by atoms with Crippen LogP contribution in [0.5, 0.6) is 5.75 Å². The largest absolute Gasteiger partial charge is 0.508 e. The molecule has 4 N–H and O–H groups in total. The van der Waals surface area contributed by atoms with Crippen molar-refractivity contribution >= 4 is 23.8 Å². The molecule has 0 radical (unpaired) electrons. The number of hydrogen-bond acceptors (Lipinski definition) is 4. The maximum atomic E-state index is 11.7. The molecule has 0 atom stereocenters. The molecule has 112 valence electrons. The molecule has 1 aromatic carbocycles. The van der Waals surface area contributed by atoms with Crippen molar-refractivity contribution in [3.05, 3.63) is 35.5 Å². The minimum absolute atomic E-state index is 0.0403. The van der Waals surface area contributed by atoms with Crippen LogP contribution >= 0.6 is 0 Å². The van der Waals surface area contributed by atoms with Crippen LogP contribution < -0.4 is 16.0 Å². The van der Waals surface area contributed by atoms with Gasteiger partial charge in [0.25, 0.3) is 5.91 Å². The summed E-state index contributed by atoms with van der Waals surface area (Å²) in [6, 6.07) is 6.12. The number of phenolic OH excluding ortho intramolecular Hbond substituents is 1. The second-order valence-electron chi connectivity index (χ2n) is 4.19. The van der Waals surface area contributed by atoms with Crippen molar-refractivity contribution in [3.63, 3.8) is 0 Å². The molecule has 0 aliphatic rings. The quantitative estimate of drug-likeness (QED) is 0.560. The van der Waals surface area contributed by atoms with Gasteiger partial charge in [-0.05, 0) is 23.8 Å². The van der Waals surface area contributed by atoms with Crippen LogP contribution in [0.3, 0.4) is 0 Å². The van der Waals surface area contributed by atoms with E-state index in [0.717, 1.165) is 0 Å². The van der Waals surface area contributed by atoms with Crippen LogP contribution in [0.1, 0.15) is 12.5 Å². The van der Waals surface area contributed by atoms with E-state index in [1.165, 1.54) is 32.2 Å². The van der Waals surface area contributed by atoms with E-state index in [1.54, 1.807) is 12.1 Å². The zero-order chi connectivity index (χ0) is 15.8. The second kappa shape index (κ2) is 7.68. The second-order valence-corrected chi connectivity index (χ2v) is 4.19. The Kier molecular flexibility index (Phi) is 5.94. The van der Waals surface area contributed by atoms with E-state index in [9.17, 15) is 19.5 Å². The molecule has 7 heteroatoms. The van der Waals surface area contributed by atoms with E-state index in [0.29, 0.717) is 5.56 Å². The predicted molar refractivity (Wildman–Crippen MR) is 77.0 cm³/mol. The normalized spacial score (nSPS) is 10.7. The third-order valence-corrected chi connectivity index (χ3v) is 2.45. The summed E-state index contributed by atoms with van der Waals surface area (Å²) in [5.41, 5.74) is 0.671. The highest BCUT2D eigenvalue weighted by Crippen LogP contribution is 2.12. The fraction of sp³-hybridized carbons (Fsp3) is 0.214. The average molecular weight is 291 g/mol. The van der Waals surface area contributed by atoms with Gasteiger partial charge in [0.2, 0.25) is 11.8 Å². The van der Waals surface area contributed by atoms with E-state index in [1.807, 2.05) is 0 Å². The lowest BCUT2D eigenvalue weighted by Gasteiger charge is -2.09. The molecule has 0 aromatic heterocycles. The highest BCUT2D eigenvalue weighted by Gasteiger charge is 2.11. The molecule has 0 saturated heterocycles. The minimum Gasteiger partial charge on any atom is -0.508 e. The summed E-state index contributed by atoms with van der Waals surface area (Å²) < 4.78 is 0. The van der Waals surface area contributed by atoms with Crippen LogP contribution in [-0.2, 0) is 14.4 Å². The summed E-state index contributed by atoms with van der Waals surface area (Å²) in [5.74, 6) is -1.23. The molecule has 1 aromatic rings. The number of likely N-dealkylation sites (N-methyl/N-ethyl adjacent to an activating group) is 1. The van der Waals surface area contributed by atoms with Crippen LogP contribution in [0.25, 0.3) is 6.08 Å². The van der Waals surface area contributed by atoms with Crippen LogP contribution in [-0.4, -0.2) is 36.4 Å². The number of nitrogens with one attached hydrogen (secondary N) is 3. The standard InChI is InChI=1S/C14H17N3O4/c1-9(18)16-8-13(20)17-12(14(21)15-2)7-10-3-5-11(19)6-4-10/h3-7,19H,8H2,1-2H3,(H,15,21)(H,16,18)(H,17,20)/b12-7-. The van der Waals surface area contributed by atoms with Gasteiger partial charge in [0.15, 0.2) is 0 Å². The Balaban J connectivity index is 2.85. The summed E-state index contributed by atoms with van der Waals surface area (Å²) in [6.07, 6.45) is 1.46. The van der Waals surface area contributed by atoms with Crippen molar-refractivity contribution in [2.24, 2.45) is 0 Å². The van der Waals surface area contributed by atoms with Crippen LogP contribution in [0.2, 0.25) is 0 Å². The van der Waals surface area contributed by atoms with E-state index >= 15 is 0 Å². The molecule has 21 heavy (non-hydrogen) atoms. The van der Waals surface area contributed by atoms with Crippen LogP contribution in [0.4, 0.5) is 0 Å². The van der Waals surface area contributed by atoms with Crippen molar-refractivity contribution in [3.8, 4) is 5.75 Å². The van der Waals surface area contributed by atoms with Crippen molar-refractivity contribution in [2.75, 3.05) is 13.6 Å². The zero-order valence-corrected chi connectivity index (χ0v) is 11.8. The van der Waals surface area contributed by atoms with Gasteiger partial charge in [0.1, 0.15) is 11.4 Å². The Labute approximate surface area is 122 Å². The molecule has 0 unspecified atom stereocenters. The Morgan fingerprint density at radius 3 is 2.33 bits per heavy atom. The number of rotatable bonds is 5. The zero-order valence-electron chi connectivity index (χ0n) is 11.8. The third-order valence-electron chi connectivity index (χ3n) is 2.45. The van der Waals surface area contributed by atoms with Crippen molar-refractivity contribution in [1.29, 1.82) is 0 Å². The predicted octanol–water partition coefficient (Wildman–Crippen LogP) is -0.269. The summed E-state index contributed by atoms with van der Waals surface area (Å²) >= 11 is 0. The number of hydrogen-bond donors (Lipinski definition) is 4. The van der Waals surface area contributed by atoms with E-state index in [-0.39, 0.29) is 23.9 Å². The summed E-state index contributed by atoms with van der Waals surface area (Å²) in [5, 5.41) is 16.4. The summed E-state index contributed by atoms with van der Waals surface area (Å²) in [6.45, 7) is 1.07. The SMILES string of the molecule is CNC(=O)/C(=C/c1ccc(O)cc1)NC(=O)CNC(C)=O. The Morgan fingerprint density at radius 1 is 1.19 bits per heavy atom. The monoisotopic (exact) mass is 291 g/mol. The van der Waals surface area contributed by atoms with Gasteiger partial charge in [-0.3, -0.25) is 14.4 Å². The molecule has 0 spiro atoms. The van der Waals surface area contributed by atoms with E-state index in [2.05, 4.69) is 16.0 Å². The van der Waals surface area contributed by atoms with Gasteiger partial charge >= 0.3 is 0 Å². The van der Waals surface area contributed by atoms with Gasteiger partial charge in [-0.15, -0.1) is 0 Å². The Morgan fingerprint density at radius 2 is 1.81 bits per heavy atom. The van der Waals surface area contributed by atoms with Gasteiger partial charge < -0.3 is 21.1 Å². The maximum Gasteiger partial charge on any atom is 0.267 e. The molecule has 0 fully saturated rings. The van der Waals surface area contributed by atoms with E-state index in [4.69, 9.17) is 0 Å². The Bertz CT molecular complexity index is 564. The molecule has 1 rings (SSSR count). The fourth-order valence-electron chi connectivity index (χ4n) is 1.43. The molecule has 0 heterocycles. The lowest BCUT2D eigenvalue weighted by atomic mass is 10.2. The lowest BCUT2D eigenvalue weighted by molar-refractivity contribution is -0.125. The number of carbonyl (C=O) groups is 3. The summed E-state index contributed by atoms with van der Waals surface area (Å²) in [7, 11) is 1.44. The molecule has 0 aliphatic carbocycles. The number of benzene rings is 1. The molecular weight excluding hydrogens is 274 g/mol. The molecule has 0 bridgehead atoms. The summed E-state index contributed by atoms with van der Waals surface area (Å²) in [4.78, 5) is 34.1. The minimum atomic E-state index is -0.515. The average Bonchev–Trinajstić information content (AvgIpc) is 2.45. The van der Waals surface area contributed by atoms with Gasteiger partial charge in [0, 0.05) is 14.0 Å². The first-order valence-electron chi connectivity index (χ1n) is 6.19. The Hall–Kier alpha value is -2.83. The fourth-order valence-corrected chi connectivity index (χ4v) is 1.43. The molecule has 7 nitrogen and oxygen atoms in total. The molecule has 3 amide bonds. The number of amides is 3. The smallest absolute Gasteiger partial charge is 0.267 e. The van der Waals surface area contributed by atoms with Gasteiger partial charge in [0.05, 0.1) is 6.54 Å². The lowest BCUT2D eigenvalue weighted by Crippen LogP contribution is -2.39. The van der Waals surface area contributed by atoms with Crippen molar-refractivity contribution in [2.45, 2.75) is 6.92 Å². The van der Waals surface area contributed by atoms with Gasteiger partial charge in [-0.1, -0.05) is 12.1 Å². The first kappa shape index (κ1) is 16.2. The molecule has 0 saturated carbocycles. The number of carbonyl (C=O) groups excluding carboxylic acids is 3. The third kappa shape index (κ3) is 5.77. The van der Waals surface area contributed by atoms with Gasteiger partial charge in [-0.2, -0.15) is 0 Å². The van der Waals surface area contributed by atoms with Crippen LogP contribution in [0.15, 0.2) is 30.0 Å². The van der Waals surface area contributed by atoms with Crippen molar-refractivity contribution < 1.29 is 19.5 Å². The van der Waals surface area contributed by atoms with Crippen molar-refractivity contribution in [1.82, 2.24) is 16.0 Å². The van der Waals surface area contributed by atoms with Gasteiger partial charge in [-0.25, -0.2) is 0 Å². The first-order chi connectivity index (χ1) is 9.92. The highest BCUT2D eigenvalue weighted by atomic mass is 16.3. The molecular formula is C14H17N3O4. The van der Waals surface area contributed by atoms with Crippen LogP contribution in [0, 0.1) is 0 Å².